The van der Waals surface area contributed by atoms with Crippen molar-refractivity contribution in [2.75, 3.05) is 18.5 Å². The average Bonchev–Trinajstić information content (AvgIpc) is 2.48. The van der Waals surface area contributed by atoms with Crippen LogP contribution in [0.15, 0.2) is 24.3 Å². The molecular formula is C17H28N2O. The van der Waals surface area contributed by atoms with Crippen molar-refractivity contribution >= 4 is 5.69 Å². The van der Waals surface area contributed by atoms with Gasteiger partial charge in [-0.15, -0.1) is 0 Å². The SMILES string of the molecule is CCCCOc1ccc(NC[C@H]2CC[C@H](N)CC2)cc1. The maximum Gasteiger partial charge on any atom is 0.119 e. The fraction of sp³-hybridized carbons (Fsp3) is 0.647. The topological polar surface area (TPSA) is 47.3 Å². The zero-order valence-corrected chi connectivity index (χ0v) is 12.6. The number of nitrogens with two attached hydrogens (primary N) is 1. The Morgan fingerprint density at radius 2 is 1.85 bits per heavy atom. The smallest absolute Gasteiger partial charge is 0.119 e. The number of rotatable bonds is 7. The van der Waals surface area contributed by atoms with Gasteiger partial charge in [0.05, 0.1) is 6.61 Å². The first-order valence-electron chi connectivity index (χ1n) is 8.00. The summed E-state index contributed by atoms with van der Waals surface area (Å²) in [4.78, 5) is 0. The zero-order chi connectivity index (χ0) is 14.2. The second kappa shape index (κ2) is 8.15. The second-order valence-electron chi connectivity index (χ2n) is 5.89. The third-order valence-electron chi connectivity index (χ3n) is 4.11. The molecule has 1 aliphatic carbocycles. The van der Waals surface area contributed by atoms with Gasteiger partial charge >= 0.3 is 0 Å². The van der Waals surface area contributed by atoms with Gasteiger partial charge in [-0.05, 0) is 62.3 Å². The molecule has 0 atom stereocenters. The van der Waals surface area contributed by atoms with Crippen molar-refractivity contribution in [2.45, 2.75) is 51.5 Å². The first-order chi connectivity index (χ1) is 9.78. The molecule has 0 aliphatic heterocycles. The summed E-state index contributed by atoms with van der Waals surface area (Å²) in [6.07, 6.45) is 7.15. The second-order valence-corrected chi connectivity index (χ2v) is 5.89. The number of hydrogen-bond donors (Lipinski definition) is 2. The van der Waals surface area contributed by atoms with Crippen LogP contribution in [0.2, 0.25) is 0 Å². The molecule has 1 saturated carbocycles. The lowest BCUT2D eigenvalue weighted by molar-refractivity contribution is 0.309. The van der Waals surface area contributed by atoms with Crippen molar-refractivity contribution in [3.05, 3.63) is 24.3 Å². The predicted molar refractivity (Wildman–Crippen MR) is 85.3 cm³/mol. The number of hydrogen-bond acceptors (Lipinski definition) is 3. The Bertz CT molecular complexity index is 369. The minimum absolute atomic E-state index is 0.436. The lowest BCUT2D eigenvalue weighted by Gasteiger charge is -2.26. The van der Waals surface area contributed by atoms with Gasteiger partial charge in [0.1, 0.15) is 5.75 Å². The van der Waals surface area contributed by atoms with Gasteiger partial charge in [0.2, 0.25) is 0 Å². The zero-order valence-electron chi connectivity index (χ0n) is 12.6. The molecule has 0 unspecified atom stereocenters. The van der Waals surface area contributed by atoms with E-state index in [9.17, 15) is 0 Å². The Hall–Kier alpha value is -1.22. The number of anilines is 1. The van der Waals surface area contributed by atoms with Crippen LogP contribution in [0, 0.1) is 5.92 Å². The van der Waals surface area contributed by atoms with Crippen molar-refractivity contribution in [3.8, 4) is 5.75 Å². The van der Waals surface area contributed by atoms with E-state index in [1.807, 2.05) is 0 Å². The molecule has 0 bridgehead atoms. The standard InChI is InChI=1S/C17H28N2O/c1-2-3-12-20-17-10-8-16(9-11-17)19-13-14-4-6-15(18)7-5-14/h8-11,14-15,19H,2-7,12-13,18H2,1H3/t14-,15-. The molecule has 1 aromatic rings. The monoisotopic (exact) mass is 276 g/mol. The van der Waals surface area contributed by atoms with E-state index in [2.05, 4.69) is 36.5 Å². The molecule has 0 heterocycles. The summed E-state index contributed by atoms with van der Waals surface area (Å²) in [5.41, 5.74) is 7.12. The molecule has 2 rings (SSSR count). The molecule has 0 radical (unpaired) electrons. The maximum absolute atomic E-state index is 5.94. The van der Waals surface area contributed by atoms with Crippen LogP contribution in [0.25, 0.3) is 0 Å². The van der Waals surface area contributed by atoms with Crippen LogP contribution in [0.4, 0.5) is 5.69 Å². The average molecular weight is 276 g/mol. The van der Waals surface area contributed by atoms with E-state index in [0.29, 0.717) is 6.04 Å². The molecule has 1 aliphatic rings. The van der Waals surface area contributed by atoms with Crippen LogP contribution >= 0.6 is 0 Å². The van der Waals surface area contributed by atoms with E-state index in [1.54, 1.807) is 0 Å². The highest BCUT2D eigenvalue weighted by molar-refractivity contribution is 5.46. The molecule has 20 heavy (non-hydrogen) atoms. The Morgan fingerprint density at radius 3 is 2.50 bits per heavy atom. The van der Waals surface area contributed by atoms with Crippen LogP contribution in [-0.4, -0.2) is 19.2 Å². The maximum atomic E-state index is 5.94. The normalized spacial score (nSPS) is 22.5. The summed E-state index contributed by atoms with van der Waals surface area (Å²) in [5.74, 6) is 1.74. The van der Waals surface area contributed by atoms with Gasteiger partial charge < -0.3 is 15.8 Å². The summed E-state index contributed by atoms with van der Waals surface area (Å²) < 4.78 is 5.67. The highest BCUT2D eigenvalue weighted by Crippen LogP contribution is 2.24. The first kappa shape index (κ1) is 15.2. The Kier molecular flexibility index (Phi) is 6.19. The van der Waals surface area contributed by atoms with Gasteiger partial charge in [0, 0.05) is 18.3 Å². The molecule has 1 aromatic carbocycles. The fourth-order valence-electron chi connectivity index (χ4n) is 2.66. The molecule has 0 aromatic heterocycles. The van der Waals surface area contributed by atoms with E-state index >= 15 is 0 Å². The summed E-state index contributed by atoms with van der Waals surface area (Å²) >= 11 is 0. The van der Waals surface area contributed by atoms with Crippen LogP contribution < -0.4 is 15.8 Å². The predicted octanol–water partition coefficient (Wildman–Crippen LogP) is 3.79. The van der Waals surface area contributed by atoms with E-state index in [-0.39, 0.29) is 0 Å². The van der Waals surface area contributed by atoms with Crippen molar-refractivity contribution in [2.24, 2.45) is 11.7 Å². The minimum Gasteiger partial charge on any atom is -0.494 e. The van der Waals surface area contributed by atoms with Crippen LogP contribution in [0.5, 0.6) is 5.75 Å². The van der Waals surface area contributed by atoms with Crippen molar-refractivity contribution in [3.63, 3.8) is 0 Å². The largest absolute Gasteiger partial charge is 0.494 e. The van der Waals surface area contributed by atoms with E-state index in [4.69, 9.17) is 10.5 Å². The highest BCUT2D eigenvalue weighted by atomic mass is 16.5. The Morgan fingerprint density at radius 1 is 1.15 bits per heavy atom. The molecule has 1 fully saturated rings. The summed E-state index contributed by atoms with van der Waals surface area (Å²) in [7, 11) is 0. The van der Waals surface area contributed by atoms with Crippen molar-refractivity contribution < 1.29 is 4.74 Å². The van der Waals surface area contributed by atoms with Gasteiger partial charge in [0.15, 0.2) is 0 Å². The van der Waals surface area contributed by atoms with Crippen LogP contribution in [0.1, 0.15) is 45.4 Å². The summed E-state index contributed by atoms with van der Waals surface area (Å²) in [6, 6.07) is 8.75. The molecular weight excluding hydrogens is 248 g/mol. The number of ether oxygens (including phenoxy) is 1. The molecule has 0 amide bonds. The molecule has 0 spiro atoms. The highest BCUT2D eigenvalue weighted by Gasteiger charge is 2.17. The third kappa shape index (κ3) is 5.04. The van der Waals surface area contributed by atoms with Gasteiger partial charge in [-0.1, -0.05) is 13.3 Å². The fourth-order valence-corrected chi connectivity index (χ4v) is 2.66. The number of nitrogens with one attached hydrogen (secondary N) is 1. The van der Waals surface area contributed by atoms with E-state index < -0.39 is 0 Å². The first-order valence-corrected chi connectivity index (χ1v) is 8.00. The van der Waals surface area contributed by atoms with Gasteiger partial charge in [0.25, 0.3) is 0 Å². The van der Waals surface area contributed by atoms with Crippen molar-refractivity contribution in [1.29, 1.82) is 0 Å². The van der Waals surface area contributed by atoms with Crippen molar-refractivity contribution in [1.82, 2.24) is 0 Å². The number of benzene rings is 1. The Labute approximate surface area is 122 Å². The molecule has 112 valence electrons. The lowest BCUT2D eigenvalue weighted by Crippen LogP contribution is -2.29. The summed E-state index contributed by atoms with van der Waals surface area (Å²) in [5, 5.41) is 3.53. The minimum atomic E-state index is 0.436. The van der Waals surface area contributed by atoms with Gasteiger partial charge in [-0.2, -0.15) is 0 Å². The van der Waals surface area contributed by atoms with E-state index in [1.165, 1.54) is 37.8 Å². The van der Waals surface area contributed by atoms with Gasteiger partial charge in [-0.3, -0.25) is 0 Å². The van der Waals surface area contributed by atoms with Crippen LogP contribution in [-0.2, 0) is 0 Å². The van der Waals surface area contributed by atoms with Crippen LogP contribution in [0.3, 0.4) is 0 Å². The third-order valence-corrected chi connectivity index (χ3v) is 4.11. The quantitative estimate of drug-likeness (QED) is 0.745. The summed E-state index contributed by atoms with van der Waals surface area (Å²) in [6.45, 7) is 4.04. The Balaban J connectivity index is 1.70. The molecule has 3 nitrogen and oxygen atoms in total. The van der Waals surface area contributed by atoms with Gasteiger partial charge in [-0.25, -0.2) is 0 Å². The number of unbranched alkanes of at least 4 members (excludes halogenated alkanes) is 1. The molecule has 3 N–H and O–H groups in total. The lowest BCUT2D eigenvalue weighted by atomic mass is 9.86. The molecule has 0 saturated heterocycles. The molecule has 3 heteroatoms. The van der Waals surface area contributed by atoms with E-state index in [0.717, 1.165) is 31.2 Å².